The number of carbonyl (C=O) groups excluding carboxylic acids is 2. The predicted octanol–water partition coefficient (Wildman–Crippen LogP) is 5.35. The first kappa shape index (κ1) is 20.7. The van der Waals surface area contributed by atoms with Crippen LogP contribution in [-0.4, -0.2) is 24.2 Å². The number of nitrogens with one attached hydrogen (secondary N) is 2. The zero-order chi connectivity index (χ0) is 21.2. The van der Waals surface area contributed by atoms with Crippen LogP contribution in [0.25, 0.3) is 0 Å². The highest BCUT2D eigenvalue weighted by Gasteiger charge is 2.39. The molecule has 29 heavy (non-hydrogen) atoms. The number of amides is 2. The highest BCUT2D eigenvalue weighted by Crippen LogP contribution is 2.45. The fourth-order valence-corrected chi connectivity index (χ4v) is 3.92. The zero-order valence-electron chi connectivity index (χ0n) is 17.6. The van der Waals surface area contributed by atoms with E-state index < -0.39 is 0 Å². The Balaban J connectivity index is 1.68. The second kappa shape index (κ2) is 7.78. The van der Waals surface area contributed by atoms with Gasteiger partial charge in [0.1, 0.15) is 11.4 Å². The highest BCUT2D eigenvalue weighted by molar-refractivity contribution is 6.00. The molecule has 0 bridgehead atoms. The van der Waals surface area contributed by atoms with E-state index in [1.807, 2.05) is 18.2 Å². The molecule has 154 valence electrons. The van der Waals surface area contributed by atoms with E-state index in [4.69, 9.17) is 9.47 Å². The molecule has 2 N–H and O–H groups in total. The molecule has 2 aromatic rings. The summed E-state index contributed by atoms with van der Waals surface area (Å²) < 4.78 is 11.0. The lowest BCUT2D eigenvalue weighted by Crippen LogP contribution is -2.41. The minimum absolute atomic E-state index is 0.0613. The van der Waals surface area contributed by atoms with Crippen molar-refractivity contribution in [3.63, 3.8) is 0 Å². The molecule has 0 atom stereocenters. The van der Waals surface area contributed by atoms with Gasteiger partial charge in [-0.15, -0.1) is 0 Å². The molecule has 0 aromatic heterocycles. The third-order valence-electron chi connectivity index (χ3n) is 4.87. The quantitative estimate of drug-likeness (QED) is 0.684. The maximum absolute atomic E-state index is 12.4. The average Bonchev–Trinajstić information content (AvgIpc) is 2.61. The van der Waals surface area contributed by atoms with E-state index >= 15 is 0 Å². The Morgan fingerprint density at radius 1 is 1.00 bits per heavy atom. The van der Waals surface area contributed by atoms with Crippen molar-refractivity contribution < 1.29 is 19.1 Å². The predicted molar refractivity (Wildman–Crippen MR) is 114 cm³/mol. The monoisotopic (exact) mass is 396 g/mol. The summed E-state index contributed by atoms with van der Waals surface area (Å²) in [5.41, 5.74) is 2.51. The summed E-state index contributed by atoms with van der Waals surface area (Å²) in [6.45, 7) is 10.6. The third kappa shape index (κ3) is 4.88. The largest absolute Gasteiger partial charge is 0.488 e. The summed E-state index contributed by atoms with van der Waals surface area (Å²) in [6.07, 6.45) is 0.884. The third-order valence-corrected chi connectivity index (χ3v) is 4.87. The van der Waals surface area contributed by atoms with Gasteiger partial charge < -0.3 is 20.1 Å². The van der Waals surface area contributed by atoms with Gasteiger partial charge in [-0.05, 0) is 75.1 Å². The molecular formula is C23H28N2O4. The summed E-state index contributed by atoms with van der Waals surface area (Å²) in [7, 11) is 0. The van der Waals surface area contributed by atoms with Gasteiger partial charge in [0.25, 0.3) is 0 Å². The van der Waals surface area contributed by atoms with Crippen LogP contribution >= 0.6 is 0 Å². The minimum atomic E-state index is -0.384. The van der Waals surface area contributed by atoms with Crippen LogP contribution in [0.15, 0.2) is 42.5 Å². The first-order valence-electron chi connectivity index (χ1n) is 9.78. The van der Waals surface area contributed by atoms with E-state index in [0.29, 0.717) is 23.5 Å². The molecule has 0 unspecified atom stereocenters. The molecule has 1 aliphatic heterocycles. The van der Waals surface area contributed by atoms with Crippen molar-refractivity contribution in [2.75, 3.05) is 17.2 Å². The maximum Gasteiger partial charge on any atom is 0.338 e. The molecule has 1 heterocycles. The topological polar surface area (TPSA) is 76.7 Å². The number of benzene rings is 2. The Bertz CT molecular complexity index is 917. The van der Waals surface area contributed by atoms with Crippen LogP contribution in [-0.2, 0) is 10.2 Å². The van der Waals surface area contributed by atoms with Gasteiger partial charge in [0, 0.05) is 16.9 Å². The van der Waals surface area contributed by atoms with Crippen molar-refractivity contribution in [3.8, 4) is 5.75 Å². The number of ether oxygens (including phenoxy) is 2. The van der Waals surface area contributed by atoms with Gasteiger partial charge in [-0.25, -0.2) is 9.59 Å². The number of rotatable bonds is 4. The highest BCUT2D eigenvalue weighted by atomic mass is 16.5. The molecule has 0 radical (unpaired) electrons. The van der Waals surface area contributed by atoms with Crippen LogP contribution < -0.4 is 15.4 Å². The first-order chi connectivity index (χ1) is 13.6. The van der Waals surface area contributed by atoms with Crippen LogP contribution in [0.2, 0.25) is 0 Å². The fraction of sp³-hybridized carbons (Fsp3) is 0.391. The van der Waals surface area contributed by atoms with Crippen molar-refractivity contribution >= 4 is 23.4 Å². The van der Waals surface area contributed by atoms with Gasteiger partial charge >= 0.3 is 12.0 Å². The molecule has 2 aromatic carbocycles. The summed E-state index contributed by atoms with van der Waals surface area (Å²) in [5, 5.41) is 5.63. The molecule has 0 saturated carbocycles. The Labute approximate surface area is 171 Å². The summed E-state index contributed by atoms with van der Waals surface area (Å²) in [6, 6.07) is 11.9. The number of hydrogen-bond donors (Lipinski definition) is 2. The molecular weight excluding hydrogens is 368 g/mol. The second-order valence-corrected chi connectivity index (χ2v) is 8.51. The molecule has 6 heteroatoms. The van der Waals surface area contributed by atoms with Crippen LogP contribution in [0.1, 0.15) is 57.0 Å². The summed E-state index contributed by atoms with van der Waals surface area (Å²) >= 11 is 0. The fourth-order valence-electron chi connectivity index (χ4n) is 3.92. The number of hydrogen-bond acceptors (Lipinski definition) is 4. The lowest BCUT2D eigenvalue weighted by molar-refractivity contribution is 0.0522. The molecule has 3 rings (SSSR count). The lowest BCUT2D eigenvalue weighted by atomic mass is 9.73. The van der Waals surface area contributed by atoms with Gasteiger partial charge in [0.15, 0.2) is 0 Å². The van der Waals surface area contributed by atoms with Crippen LogP contribution in [0.3, 0.4) is 0 Å². The standard InChI is InChI=1S/C23H28N2O4/c1-6-28-20(26)15-7-9-16(10-8-15)24-21(27)25-17-11-12-19-18(13-17)22(2,3)14-23(4,5)29-19/h7-13H,6,14H2,1-5H3,(H2,24,25,27). The number of urea groups is 1. The van der Waals surface area contributed by atoms with E-state index in [1.54, 1.807) is 31.2 Å². The van der Waals surface area contributed by atoms with Crippen LogP contribution in [0.5, 0.6) is 5.75 Å². The van der Waals surface area contributed by atoms with Crippen LogP contribution in [0.4, 0.5) is 16.2 Å². The lowest BCUT2D eigenvalue weighted by Gasteiger charge is -2.42. The molecule has 6 nitrogen and oxygen atoms in total. The Morgan fingerprint density at radius 2 is 1.62 bits per heavy atom. The molecule has 2 amide bonds. The van der Waals surface area contributed by atoms with Gasteiger partial charge in [-0.2, -0.15) is 0 Å². The molecule has 1 aliphatic rings. The van der Waals surface area contributed by atoms with E-state index in [0.717, 1.165) is 17.7 Å². The Morgan fingerprint density at radius 3 is 2.28 bits per heavy atom. The molecule has 0 saturated heterocycles. The van der Waals surface area contributed by atoms with Crippen LogP contribution in [0, 0.1) is 0 Å². The Kier molecular flexibility index (Phi) is 5.55. The summed E-state index contributed by atoms with van der Waals surface area (Å²) in [5.74, 6) is 0.470. The zero-order valence-corrected chi connectivity index (χ0v) is 17.6. The molecule has 0 spiro atoms. The van der Waals surface area contributed by atoms with E-state index in [-0.39, 0.29) is 23.0 Å². The maximum atomic E-state index is 12.4. The van der Waals surface area contributed by atoms with Crippen molar-refractivity contribution in [1.82, 2.24) is 0 Å². The van der Waals surface area contributed by atoms with E-state index in [2.05, 4.69) is 38.3 Å². The van der Waals surface area contributed by atoms with Gasteiger partial charge in [0.05, 0.1) is 12.2 Å². The van der Waals surface area contributed by atoms with Crippen molar-refractivity contribution in [2.45, 2.75) is 52.1 Å². The van der Waals surface area contributed by atoms with Gasteiger partial charge in [-0.3, -0.25) is 0 Å². The molecule has 0 aliphatic carbocycles. The van der Waals surface area contributed by atoms with E-state index in [9.17, 15) is 9.59 Å². The minimum Gasteiger partial charge on any atom is -0.488 e. The first-order valence-corrected chi connectivity index (χ1v) is 9.78. The number of carbonyl (C=O) groups is 2. The summed E-state index contributed by atoms with van der Waals surface area (Å²) in [4.78, 5) is 24.1. The smallest absolute Gasteiger partial charge is 0.338 e. The van der Waals surface area contributed by atoms with Crippen molar-refractivity contribution in [2.24, 2.45) is 0 Å². The van der Waals surface area contributed by atoms with Crippen molar-refractivity contribution in [3.05, 3.63) is 53.6 Å². The average molecular weight is 396 g/mol. The number of fused-ring (bicyclic) bond motifs is 1. The SMILES string of the molecule is CCOC(=O)c1ccc(NC(=O)Nc2ccc3c(c2)C(C)(C)CC(C)(C)O3)cc1. The van der Waals surface area contributed by atoms with E-state index in [1.165, 1.54) is 0 Å². The van der Waals surface area contributed by atoms with Crippen molar-refractivity contribution in [1.29, 1.82) is 0 Å². The normalized spacial score (nSPS) is 16.2. The van der Waals surface area contributed by atoms with Gasteiger partial charge in [-0.1, -0.05) is 13.8 Å². The Hall–Kier alpha value is -3.02. The molecule has 0 fully saturated rings. The number of anilines is 2. The van der Waals surface area contributed by atoms with Gasteiger partial charge in [0.2, 0.25) is 0 Å². The number of esters is 1. The second-order valence-electron chi connectivity index (χ2n) is 8.51.